The van der Waals surface area contributed by atoms with Gasteiger partial charge in [-0.25, -0.2) is 0 Å². The number of morpholine rings is 1. The Morgan fingerprint density at radius 1 is 1.09 bits per heavy atom. The quantitative estimate of drug-likeness (QED) is 0.655. The van der Waals surface area contributed by atoms with E-state index in [4.69, 9.17) is 14.2 Å². The van der Waals surface area contributed by atoms with Crippen LogP contribution in [0.25, 0.3) is 0 Å². The van der Waals surface area contributed by atoms with E-state index in [1.807, 2.05) is 24.3 Å². The molecule has 4 heteroatoms. The highest BCUT2D eigenvalue weighted by atomic mass is 16.5. The zero-order valence-electron chi connectivity index (χ0n) is 13.9. The van der Waals surface area contributed by atoms with Gasteiger partial charge in [0.05, 0.1) is 25.9 Å². The molecule has 1 atom stereocenters. The van der Waals surface area contributed by atoms with E-state index in [-0.39, 0.29) is 6.10 Å². The van der Waals surface area contributed by atoms with Gasteiger partial charge in [0.25, 0.3) is 0 Å². The van der Waals surface area contributed by atoms with Crippen molar-refractivity contribution in [3.63, 3.8) is 0 Å². The maximum atomic E-state index is 5.78. The number of ether oxygens (including phenoxy) is 3. The third kappa shape index (κ3) is 6.24. The molecule has 1 aliphatic rings. The summed E-state index contributed by atoms with van der Waals surface area (Å²) in [6.07, 6.45) is 3.53. The molecule has 2 rings (SSSR count). The SMILES string of the molecule is CC[C@@H](C)Oc1ccc(OCCCCN2CCOCC2)cc1. The predicted molar refractivity (Wildman–Crippen MR) is 88.8 cm³/mol. The molecule has 22 heavy (non-hydrogen) atoms. The largest absolute Gasteiger partial charge is 0.494 e. The van der Waals surface area contributed by atoms with E-state index in [1.54, 1.807) is 0 Å². The maximum absolute atomic E-state index is 5.78. The summed E-state index contributed by atoms with van der Waals surface area (Å²) in [6.45, 7) is 10.0. The number of rotatable bonds is 9. The van der Waals surface area contributed by atoms with Gasteiger partial charge in [0.15, 0.2) is 0 Å². The van der Waals surface area contributed by atoms with Gasteiger partial charge in [0.1, 0.15) is 11.5 Å². The molecule has 0 radical (unpaired) electrons. The highest BCUT2D eigenvalue weighted by Gasteiger charge is 2.09. The minimum absolute atomic E-state index is 0.256. The summed E-state index contributed by atoms with van der Waals surface area (Å²) in [7, 11) is 0. The van der Waals surface area contributed by atoms with Crippen molar-refractivity contribution < 1.29 is 14.2 Å². The van der Waals surface area contributed by atoms with Crippen molar-refractivity contribution >= 4 is 0 Å². The lowest BCUT2D eigenvalue weighted by atomic mass is 10.3. The lowest BCUT2D eigenvalue weighted by molar-refractivity contribution is 0.0368. The average molecular weight is 307 g/mol. The molecular weight excluding hydrogens is 278 g/mol. The van der Waals surface area contributed by atoms with Crippen LogP contribution in [0.1, 0.15) is 33.1 Å². The summed E-state index contributed by atoms with van der Waals surface area (Å²) < 4.78 is 16.9. The minimum atomic E-state index is 0.256. The molecule has 0 spiro atoms. The monoisotopic (exact) mass is 307 g/mol. The van der Waals surface area contributed by atoms with E-state index >= 15 is 0 Å². The minimum Gasteiger partial charge on any atom is -0.494 e. The van der Waals surface area contributed by atoms with Gasteiger partial charge in [0, 0.05) is 13.1 Å². The van der Waals surface area contributed by atoms with Gasteiger partial charge in [-0.15, -0.1) is 0 Å². The first-order chi connectivity index (χ1) is 10.8. The van der Waals surface area contributed by atoms with Crippen LogP contribution < -0.4 is 9.47 Å². The molecule has 1 aromatic rings. The molecule has 1 fully saturated rings. The Labute approximate surface area is 134 Å². The zero-order chi connectivity index (χ0) is 15.6. The van der Waals surface area contributed by atoms with Crippen molar-refractivity contribution in [2.24, 2.45) is 0 Å². The van der Waals surface area contributed by atoms with Gasteiger partial charge in [-0.1, -0.05) is 6.92 Å². The van der Waals surface area contributed by atoms with E-state index in [9.17, 15) is 0 Å². The maximum Gasteiger partial charge on any atom is 0.119 e. The van der Waals surface area contributed by atoms with E-state index in [0.29, 0.717) is 0 Å². The van der Waals surface area contributed by atoms with Crippen LogP contribution in [0.15, 0.2) is 24.3 Å². The summed E-state index contributed by atoms with van der Waals surface area (Å²) >= 11 is 0. The Kier molecular flexibility index (Phi) is 7.54. The molecule has 0 bridgehead atoms. The summed E-state index contributed by atoms with van der Waals surface area (Å²) in [6, 6.07) is 7.93. The number of nitrogens with zero attached hydrogens (tertiary/aromatic N) is 1. The first-order valence-electron chi connectivity index (χ1n) is 8.47. The van der Waals surface area contributed by atoms with Crippen LogP contribution in [0.3, 0.4) is 0 Å². The van der Waals surface area contributed by atoms with Gasteiger partial charge < -0.3 is 14.2 Å². The predicted octanol–water partition coefficient (Wildman–Crippen LogP) is 3.36. The first kappa shape index (κ1) is 17.1. The fourth-order valence-electron chi connectivity index (χ4n) is 2.38. The second-order valence-corrected chi connectivity index (χ2v) is 5.82. The normalized spacial score (nSPS) is 17.2. The molecule has 1 heterocycles. The van der Waals surface area contributed by atoms with Gasteiger partial charge >= 0.3 is 0 Å². The smallest absolute Gasteiger partial charge is 0.119 e. The summed E-state index contributed by atoms with van der Waals surface area (Å²) in [5.74, 6) is 1.83. The van der Waals surface area contributed by atoms with E-state index < -0.39 is 0 Å². The van der Waals surface area contributed by atoms with Crippen LogP contribution in [0, 0.1) is 0 Å². The average Bonchev–Trinajstić information content (AvgIpc) is 2.57. The van der Waals surface area contributed by atoms with Gasteiger partial charge in [-0.05, 0) is 57.0 Å². The highest BCUT2D eigenvalue weighted by Crippen LogP contribution is 2.19. The van der Waals surface area contributed by atoms with Crippen molar-refractivity contribution in [1.82, 2.24) is 4.90 Å². The second kappa shape index (κ2) is 9.70. The number of unbranched alkanes of at least 4 members (excludes halogenated alkanes) is 1. The Morgan fingerprint density at radius 2 is 1.77 bits per heavy atom. The highest BCUT2D eigenvalue weighted by molar-refractivity contribution is 5.31. The van der Waals surface area contributed by atoms with Gasteiger partial charge in [-0.3, -0.25) is 4.90 Å². The first-order valence-corrected chi connectivity index (χ1v) is 8.47. The van der Waals surface area contributed by atoms with Crippen LogP contribution in [-0.2, 0) is 4.74 Å². The molecule has 0 amide bonds. The van der Waals surface area contributed by atoms with Crippen molar-refractivity contribution in [3.8, 4) is 11.5 Å². The van der Waals surface area contributed by atoms with Crippen molar-refractivity contribution in [1.29, 1.82) is 0 Å². The number of hydrogen-bond donors (Lipinski definition) is 0. The van der Waals surface area contributed by atoms with Crippen LogP contribution in [-0.4, -0.2) is 50.5 Å². The Balaban J connectivity index is 1.58. The molecule has 124 valence electrons. The molecule has 1 saturated heterocycles. The van der Waals surface area contributed by atoms with Crippen LogP contribution in [0.4, 0.5) is 0 Å². The van der Waals surface area contributed by atoms with E-state index in [1.165, 1.54) is 6.42 Å². The molecule has 1 aliphatic heterocycles. The fraction of sp³-hybridized carbons (Fsp3) is 0.667. The zero-order valence-corrected chi connectivity index (χ0v) is 13.9. The van der Waals surface area contributed by atoms with Crippen molar-refractivity contribution in [3.05, 3.63) is 24.3 Å². The third-order valence-corrected chi connectivity index (χ3v) is 3.98. The van der Waals surface area contributed by atoms with Crippen LogP contribution >= 0.6 is 0 Å². The molecular formula is C18H29NO3. The van der Waals surface area contributed by atoms with Crippen LogP contribution in [0.2, 0.25) is 0 Å². The summed E-state index contributed by atoms with van der Waals surface area (Å²) in [5.41, 5.74) is 0. The topological polar surface area (TPSA) is 30.9 Å². The summed E-state index contributed by atoms with van der Waals surface area (Å²) in [5, 5.41) is 0. The molecule has 0 N–H and O–H groups in total. The number of benzene rings is 1. The lowest BCUT2D eigenvalue weighted by Crippen LogP contribution is -2.36. The molecule has 0 saturated carbocycles. The molecule has 0 unspecified atom stereocenters. The Morgan fingerprint density at radius 3 is 2.45 bits per heavy atom. The molecule has 4 nitrogen and oxygen atoms in total. The van der Waals surface area contributed by atoms with Gasteiger partial charge in [0.2, 0.25) is 0 Å². The molecule has 1 aromatic carbocycles. The van der Waals surface area contributed by atoms with Crippen molar-refractivity contribution in [2.75, 3.05) is 39.5 Å². The lowest BCUT2D eigenvalue weighted by Gasteiger charge is -2.26. The van der Waals surface area contributed by atoms with E-state index in [2.05, 4.69) is 18.7 Å². The van der Waals surface area contributed by atoms with Gasteiger partial charge in [-0.2, -0.15) is 0 Å². The third-order valence-electron chi connectivity index (χ3n) is 3.98. The van der Waals surface area contributed by atoms with Crippen molar-refractivity contribution in [2.45, 2.75) is 39.2 Å². The Hall–Kier alpha value is -1.26. The van der Waals surface area contributed by atoms with Crippen LogP contribution in [0.5, 0.6) is 11.5 Å². The molecule has 0 aliphatic carbocycles. The standard InChI is InChI=1S/C18H29NO3/c1-3-16(2)22-18-8-6-17(7-9-18)21-13-5-4-10-19-11-14-20-15-12-19/h6-9,16H,3-5,10-15H2,1-2H3/t16-/m1/s1. The van der Waals surface area contributed by atoms with E-state index in [0.717, 1.165) is 63.8 Å². The number of hydrogen-bond acceptors (Lipinski definition) is 4. The summed E-state index contributed by atoms with van der Waals surface area (Å²) in [4.78, 5) is 2.46. The molecule has 0 aromatic heterocycles. The Bertz CT molecular complexity index is 401. The second-order valence-electron chi connectivity index (χ2n) is 5.82. The fourth-order valence-corrected chi connectivity index (χ4v) is 2.38.